The molecule has 0 spiro atoms. The maximum atomic E-state index is 5.59. The first-order valence-corrected chi connectivity index (χ1v) is 5.17. The summed E-state index contributed by atoms with van der Waals surface area (Å²) in [4.78, 5) is 0. The fourth-order valence-electron chi connectivity index (χ4n) is 0.902. The van der Waals surface area contributed by atoms with E-state index in [1.807, 2.05) is 6.07 Å². The van der Waals surface area contributed by atoms with E-state index in [2.05, 4.69) is 51.5 Å². The number of nitrogens with two attached hydrogens (primary N) is 1. The zero-order valence-corrected chi connectivity index (χ0v) is 9.94. The maximum Gasteiger partial charge on any atom is 0.0230 e. The van der Waals surface area contributed by atoms with E-state index >= 15 is 0 Å². The molecule has 0 aromatic heterocycles. The van der Waals surface area contributed by atoms with Crippen molar-refractivity contribution < 1.29 is 0 Å². The molecule has 0 atom stereocenters. The number of rotatable bonds is 1. The molecule has 1 nitrogen and oxygen atoms in total. The van der Waals surface area contributed by atoms with Gasteiger partial charge in [0.05, 0.1) is 0 Å². The number of halogens is 2. The highest BCUT2D eigenvalue weighted by Crippen LogP contribution is 2.24. The third kappa shape index (κ3) is 1.95. The van der Waals surface area contributed by atoms with E-state index in [-0.39, 0.29) is 0 Å². The lowest BCUT2D eigenvalue weighted by Gasteiger charge is -2.06. The highest BCUT2D eigenvalue weighted by Gasteiger charge is 2.04. The minimum absolute atomic E-state index is 0.598. The van der Waals surface area contributed by atoms with Gasteiger partial charge in [-0.05, 0) is 46.7 Å². The quantitative estimate of drug-likeness (QED) is 0.789. The van der Waals surface area contributed by atoms with Gasteiger partial charge < -0.3 is 5.73 Å². The van der Waals surface area contributed by atoms with Gasteiger partial charge in [0.25, 0.3) is 0 Å². The van der Waals surface area contributed by atoms with Crippen LogP contribution in [0.4, 0.5) is 0 Å². The molecule has 0 heterocycles. The van der Waals surface area contributed by atoms with Crippen LogP contribution >= 0.6 is 38.5 Å². The van der Waals surface area contributed by atoms with Crippen LogP contribution in [0.1, 0.15) is 11.1 Å². The van der Waals surface area contributed by atoms with Crippen molar-refractivity contribution in [3.8, 4) is 0 Å². The predicted octanol–water partition coefficient (Wildman–Crippen LogP) is 2.82. The Bertz CT molecular complexity index is 273. The first-order valence-electron chi connectivity index (χ1n) is 3.30. The molecular weight excluding hydrogens is 317 g/mol. The van der Waals surface area contributed by atoms with Gasteiger partial charge >= 0.3 is 0 Å². The molecule has 3 heteroatoms. The zero-order chi connectivity index (χ0) is 8.43. The van der Waals surface area contributed by atoms with Crippen molar-refractivity contribution in [2.24, 2.45) is 5.73 Å². The van der Waals surface area contributed by atoms with Crippen molar-refractivity contribution in [1.29, 1.82) is 0 Å². The molecule has 0 aliphatic rings. The van der Waals surface area contributed by atoms with Crippen LogP contribution in [0, 0.1) is 10.5 Å². The zero-order valence-electron chi connectivity index (χ0n) is 6.20. The summed E-state index contributed by atoms with van der Waals surface area (Å²) in [5.74, 6) is 0. The van der Waals surface area contributed by atoms with Crippen molar-refractivity contribution in [2.45, 2.75) is 13.5 Å². The fourth-order valence-corrected chi connectivity index (χ4v) is 2.46. The Hall–Kier alpha value is 0.390. The summed E-state index contributed by atoms with van der Waals surface area (Å²) in [6.07, 6.45) is 0. The second kappa shape index (κ2) is 3.87. The molecule has 0 saturated carbocycles. The van der Waals surface area contributed by atoms with E-state index in [1.54, 1.807) is 0 Å². The Morgan fingerprint density at radius 3 is 2.64 bits per heavy atom. The highest BCUT2D eigenvalue weighted by molar-refractivity contribution is 14.1. The van der Waals surface area contributed by atoms with Gasteiger partial charge in [-0.3, -0.25) is 0 Å². The van der Waals surface area contributed by atoms with Gasteiger partial charge in [-0.15, -0.1) is 0 Å². The van der Waals surface area contributed by atoms with Crippen molar-refractivity contribution >= 4 is 38.5 Å². The predicted molar refractivity (Wildman–Crippen MR) is 59.5 cm³/mol. The van der Waals surface area contributed by atoms with Crippen molar-refractivity contribution in [3.63, 3.8) is 0 Å². The van der Waals surface area contributed by atoms with Crippen LogP contribution in [0.5, 0.6) is 0 Å². The Labute approximate surface area is 88.6 Å². The lowest BCUT2D eigenvalue weighted by Crippen LogP contribution is -2.01. The van der Waals surface area contributed by atoms with E-state index in [1.165, 1.54) is 14.7 Å². The van der Waals surface area contributed by atoms with Crippen molar-refractivity contribution in [3.05, 3.63) is 31.3 Å². The van der Waals surface area contributed by atoms with Gasteiger partial charge in [0, 0.05) is 14.6 Å². The maximum absolute atomic E-state index is 5.59. The Morgan fingerprint density at radius 2 is 2.18 bits per heavy atom. The molecule has 0 amide bonds. The smallest absolute Gasteiger partial charge is 0.0230 e. The third-order valence-electron chi connectivity index (χ3n) is 1.58. The first kappa shape index (κ1) is 9.48. The van der Waals surface area contributed by atoms with Crippen LogP contribution in [0.2, 0.25) is 0 Å². The number of hydrogen-bond donors (Lipinski definition) is 1. The minimum Gasteiger partial charge on any atom is -0.326 e. The second-order valence-corrected chi connectivity index (χ2v) is 4.29. The Balaban J connectivity index is 3.29. The summed E-state index contributed by atoms with van der Waals surface area (Å²) < 4.78 is 2.37. The van der Waals surface area contributed by atoms with E-state index in [0.717, 1.165) is 4.47 Å². The van der Waals surface area contributed by atoms with Gasteiger partial charge in [0.2, 0.25) is 0 Å². The van der Waals surface area contributed by atoms with Crippen LogP contribution < -0.4 is 5.73 Å². The van der Waals surface area contributed by atoms with E-state index in [4.69, 9.17) is 5.73 Å². The van der Waals surface area contributed by atoms with E-state index in [0.29, 0.717) is 6.54 Å². The molecule has 0 radical (unpaired) electrons. The summed E-state index contributed by atoms with van der Waals surface area (Å²) in [5, 5.41) is 0. The highest BCUT2D eigenvalue weighted by atomic mass is 127. The fraction of sp³-hybridized carbons (Fsp3) is 0.250. The van der Waals surface area contributed by atoms with Crippen molar-refractivity contribution in [1.82, 2.24) is 0 Å². The molecule has 0 aliphatic carbocycles. The average Bonchev–Trinajstić information content (AvgIpc) is 1.99. The van der Waals surface area contributed by atoms with Crippen LogP contribution in [0.3, 0.4) is 0 Å². The van der Waals surface area contributed by atoms with Gasteiger partial charge in [0.15, 0.2) is 0 Å². The third-order valence-corrected chi connectivity index (χ3v) is 3.83. The molecule has 0 saturated heterocycles. The number of benzene rings is 1. The molecular formula is C8H9BrIN. The molecule has 1 aromatic rings. The summed E-state index contributed by atoms with van der Waals surface area (Å²) in [5.41, 5.74) is 8.07. The first-order chi connectivity index (χ1) is 5.16. The Morgan fingerprint density at radius 1 is 1.55 bits per heavy atom. The van der Waals surface area contributed by atoms with Gasteiger partial charge in [-0.2, -0.15) is 0 Å². The van der Waals surface area contributed by atoms with Crippen molar-refractivity contribution in [2.75, 3.05) is 0 Å². The molecule has 0 bridgehead atoms. The van der Waals surface area contributed by atoms with Gasteiger partial charge in [-0.25, -0.2) is 0 Å². The largest absolute Gasteiger partial charge is 0.326 e. The SMILES string of the molecule is Cc1ccc(Br)c(CN)c1I. The lowest BCUT2D eigenvalue weighted by molar-refractivity contribution is 1.04. The van der Waals surface area contributed by atoms with E-state index < -0.39 is 0 Å². The molecule has 0 unspecified atom stereocenters. The second-order valence-electron chi connectivity index (χ2n) is 2.36. The van der Waals surface area contributed by atoms with Gasteiger partial charge in [0.1, 0.15) is 0 Å². The Kier molecular flexibility index (Phi) is 3.33. The lowest BCUT2D eigenvalue weighted by atomic mass is 10.1. The van der Waals surface area contributed by atoms with Crippen LogP contribution in [-0.2, 0) is 6.54 Å². The minimum atomic E-state index is 0.598. The molecule has 0 fully saturated rings. The normalized spacial score (nSPS) is 10.2. The number of hydrogen-bond acceptors (Lipinski definition) is 1. The van der Waals surface area contributed by atoms with Gasteiger partial charge in [-0.1, -0.05) is 22.0 Å². The summed E-state index contributed by atoms with van der Waals surface area (Å²) in [6, 6.07) is 4.13. The van der Waals surface area contributed by atoms with E-state index in [9.17, 15) is 0 Å². The summed E-state index contributed by atoms with van der Waals surface area (Å²) >= 11 is 5.78. The molecule has 60 valence electrons. The summed E-state index contributed by atoms with van der Waals surface area (Å²) in [7, 11) is 0. The van der Waals surface area contributed by atoms with Crippen LogP contribution in [0.25, 0.3) is 0 Å². The average molecular weight is 326 g/mol. The molecule has 11 heavy (non-hydrogen) atoms. The van der Waals surface area contributed by atoms with Crippen LogP contribution in [0.15, 0.2) is 16.6 Å². The molecule has 1 rings (SSSR count). The molecule has 2 N–H and O–H groups in total. The monoisotopic (exact) mass is 325 g/mol. The molecule has 0 aliphatic heterocycles. The van der Waals surface area contributed by atoms with Crippen LogP contribution in [-0.4, -0.2) is 0 Å². The topological polar surface area (TPSA) is 26.0 Å². The molecule has 1 aromatic carbocycles. The standard InChI is InChI=1S/C8H9BrIN/c1-5-2-3-7(9)6(4-11)8(5)10/h2-3H,4,11H2,1H3. The number of aryl methyl sites for hydroxylation is 1. The summed E-state index contributed by atoms with van der Waals surface area (Å²) in [6.45, 7) is 2.69.